The molecule has 1 amide bonds. The van der Waals surface area contributed by atoms with Crippen molar-refractivity contribution in [2.75, 3.05) is 7.11 Å². The molecule has 1 N–H and O–H groups in total. The zero-order chi connectivity index (χ0) is 20.5. The zero-order valence-electron chi connectivity index (χ0n) is 15.2. The summed E-state index contributed by atoms with van der Waals surface area (Å²) in [4.78, 5) is 25.7. The molecule has 1 aliphatic rings. The number of amides is 1. The molecule has 2 aromatic carbocycles. The van der Waals surface area contributed by atoms with Crippen molar-refractivity contribution < 1.29 is 27.5 Å². The standard InChI is InChI=1S/C20H18F3NO3S/c1-12-3-9-15(10-4-12)28-19(18(26)27-2)11-16(25)24-17(19)13-5-7-14(8-6-13)20(21,22)23/h3-10,17H,11H2,1-2H3,(H,24,25)/t17-,19-/m1/s1. The van der Waals surface area contributed by atoms with Crippen LogP contribution in [0.4, 0.5) is 13.2 Å². The largest absolute Gasteiger partial charge is 0.468 e. The highest BCUT2D eigenvalue weighted by molar-refractivity contribution is 8.01. The summed E-state index contributed by atoms with van der Waals surface area (Å²) in [6.45, 7) is 1.93. The Kier molecular flexibility index (Phi) is 5.43. The van der Waals surface area contributed by atoms with Gasteiger partial charge in [0, 0.05) is 4.90 Å². The van der Waals surface area contributed by atoms with Gasteiger partial charge >= 0.3 is 12.1 Å². The topological polar surface area (TPSA) is 55.4 Å². The van der Waals surface area contributed by atoms with Crippen LogP contribution in [0, 0.1) is 6.92 Å². The SMILES string of the molecule is COC(=O)[C@@]1(Sc2ccc(C)cc2)CC(=O)N[C@@H]1c1ccc(C(F)(F)F)cc1. The molecule has 2 atom stereocenters. The maximum absolute atomic E-state index is 12.9. The normalized spacial score (nSPS) is 22.0. The smallest absolute Gasteiger partial charge is 0.416 e. The van der Waals surface area contributed by atoms with Crippen LogP contribution < -0.4 is 5.32 Å². The number of aryl methyl sites for hydroxylation is 1. The molecule has 1 fully saturated rings. The van der Waals surface area contributed by atoms with Gasteiger partial charge in [-0.2, -0.15) is 13.2 Å². The highest BCUT2D eigenvalue weighted by atomic mass is 32.2. The summed E-state index contributed by atoms with van der Waals surface area (Å²) in [5.74, 6) is -0.976. The number of hydrogen-bond donors (Lipinski definition) is 1. The van der Waals surface area contributed by atoms with Gasteiger partial charge in [-0.05, 0) is 36.8 Å². The number of thioether (sulfide) groups is 1. The molecule has 1 aliphatic heterocycles. The van der Waals surface area contributed by atoms with Crippen LogP contribution in [0.3, 0.4) is 0 Å². The van der Waals surface area contributed by atoms with Crippen molar-refractivity contribution in [3.63, 3.8) is 0 Å². The molecule has 1 saturated heterocycles. The van der Waals surface area contributed by atoms with Gasteiger partial charge in [0.2, 0.25) is 5.91 Å². The molecule has 8 heteroatoms. The quantitative estimate of drug-likeness (QED) is 0.766. The average Bonchev–Trinajstić information content (AvgIpc) is 2.99. The molecule has 148 valence electrons. The van der Waals surface area contributed by atoms with Crippen LogP contribution in [-0.4, -0.2) is 23.7 Å². The van der Waals surface area contributed by atoms with Crippen molar-refractivity contribution >= 4 is 23.6 Å². The average molecular weight is 409 g/mol. The monoisotopic (exact) mass is 409 g/mol. The zero-order valence-corrected chi connectivity index (χ0v) is 16.0. The fraction of sp³-hybridized carbons (Fsp3) is 0.300. The maximum atomic E-state index is 12.9. The number of benzene rings is 2. The van der Waals surface area contributed by atoms with Gasteiger partial charge in [-0.15, -0.1) is 11.8 Å². The Balaban J connectivity index is 2.02. The van der Waals surface area contributed by atoms with Crippen LogP contribution in [-0.2, 0) is 20.5 Å². The predicted molar refractivity (Wildman–Crippen MR) is 98.7 cm³/mol. The lowest BCUT2D eigenvalue weighted by Crippen LogP contribution is -2.41. The molecule has 0 unspecified atom stereocenters. The van der Waals surface area contributed by atoms with Crippen LogP contribution in [0.5, 0.6) is 0 Å². The Morgan fingerprint density at radius 3 is 2.29 bits per heavy atom. The Labute approximate surface area is 164 Å². The molecule has 3 rings (SSSR count). The molecule has 0 spiro atoms. The van der Waals surface area contributed by atoms with Gasteiger partial charge in [0.25, 0.3) is 0 Å². The predicted octanol–water partition coefficient (Wildman–Crippen LogP) is 4.28. The number of alkyl halides is 3. The summed E-state index contributed by atoms with van der Waals surface area (Å²) in [6.07, 6.45) is -4.60. The van der Waals surface area contributed by atoms with E-state index >= 15 is 0 Å². The van der Waals surface area contributed by atoms with E-state index in [4.69, 9.17) is 4.74 Å². The van der Waals surface area contributed by atoms with Gasteiger partial charge in [0.1, 0.15) is 0 Å². The van der Waals surface area contributed by atoms with Gasteiger partial charge in [0.15, 0.2) is 4.75 Å². The van der Waals surface area contributed by atoms with E-state index < -0.39 is 28.5 Å². The number of methoxy groups -OCH3 is 1. The summed E-state index contributed by atoms with van der Waals surface area (Å²) in [7, 11) is 1.23. The van der Waals surface area contributed by atoms with Crippen molar-refractivity contribution in [1.29, 1.82) is 0 Å². The van der Waals surface area contributed by atoms with E-state index in [1.807, 2.05) is 31.2 Å². The van der Waals surface area contributed by atoms with Crippen LogP contribution >= 0.6 is 11.8 Å². The van der Waals surface area contributed by atoms with Crippen molar-refractivity contribution in [2.45, 2.75) is 35.2 Å². The molecule has 0 aromatic heterocycles. The molecule has 0 bridgehead atoms. The maximum Gasteiger partial charge on any atom is 0.416 e. The number of nitrogens with one attached hydrogen (secondary N) is 1. The fourth-order valence-corrected chi connectivity index (χ4v) is 4.58. The van der Waals surface area contributed by atoms with Gasteiger partial charge in [-0.25, -0.2) is 0 Å². The first-order valence-corrected chi connectivity index (χ1v) is 9.28. The first-order valence-electron chi connectivity index (χ1n) is 8.46. The Morgan fingerprint density at radius 1 is 1.14 bits per heavy atom. The van der Waals surface area contributed by atoms with E-state index in [0.29, 0.717) is 5.56 Å². The third-order valence-electron chi connectivity index (χ3n) is 4.62. The Morgan fingerprint density at radius 2 is 1.75 bits per heavy atom. The minimum absolute atomic E-state index is 0.135. The van der Waals surface area contributed by atoms with Gasteiger partial charge in [-0.1, -0.05) is 29.8 Å². The van der Waals surface area contributed by atoms with E-state index in [-0.39, 0.29) is 12.3 Å². The van der Waals surface area contributed by atoms with E-state index in [9.17, 15) is 22.8 Å². The van der Waals surface area contributed by atoms with Crippen molar-refractivity contribution in [3.8, 4) is 0 Å². The molecule has 28 heavy (non-hydrogen) atoms. The van der Waals surface area contributed by atoms with Crippen LogP contribution in [0.2, 0.25) is 0 Å². The minimum atomic E-state index is -4.46. The van der Waals surface area contributed by atoms with Crippen LogP contribution in [0.25, 0.3) is 0 Å². The van der Waals surface area contributed by atoms with Crippen molar-refractivity contribution in [2.24, 2.45) is 0 Å². The molecule has 1 heterocycles. The number of hydrogen-bond acceptors (Lipinski definition) is 4. The first kappa shape index (κ1) is 20.3. The second-order valence-electron chi connectivity index (χ2n) is 6.59. The molecular weight excluding hydrogens is 391 g/mol. The lowest BCUT2D eigenvalue weighted by atomic mass is 9.92. The molecule has 0 aliphatic carbocycles. The van der Waals surface area contributed by atoms with Gasteiger partial charge in [0.05, 0.1) is 25.1 Å². The lowest BCUT2D eigenvalue weighted by Gasteiger charge is -2.31. The highest BCUT2D eigenvalue weighted by Crippen LogP contribution is 2.49. The number of halogens is 3. The third-order valence-corrected chi connectivity index (χ3v) is 6.04. The Hall–Kier alpha value is -2.48. The number of rotatable bonds is 4. The number of ether oxygens (including phenoxy) is 1. The second-order valence-corrected chi connectivity index (χ2v) is 8.00. The summed E-state index contributed by atoms with van der Waals surface area (Å²) < 4.78 is 42.3. The van der Waals surface area contributed by atoms with Gasteiger partial charge < -0.3 is 10.1 Å². The molecule has 2 aromatic rings. The van der Waals surface area contributed by atoms with E-state index in [2.05, 4.69) is 5.32 Å². The minimum Gasteiger partial charge on any atom is -0.468 e. The first-order chi connectivity index (χ1) is 13.2. The molecular formula is C20H18F3NO3S. The summed E-state index contributed by atoms with van der Waals surface area (Å²) in [5, 5.41) is 2.72. The highest BCUT2D eigenvalue weighted by Gasteiger charge is 2.55. The van der Waals surface area contributed by atoms with Crippen LogP contribution in [0.1, 0.15) is 29.2 Å². The van der Waals surface area contributed by atoms with Crippen molar-refractivity contribution in [1.82, 2.24) is 5.32 Å². The summed E-state index contributed by atoms with van der Waals surface area (Å²) >= 11 is 1.18. The lowest BCUT2D eigenvalue weighted by molar-refractivity contribution is -0.144. The second kappa shape index (κ2) is 7.50. The van der Waals surface area contributed by atoms with Crippen molar-refractivity contribution in [3.05, 3.63) is 65.2 Å². The Bertz CT molecular complexity index is 881. The fourth-order valence-electron chi connectivity index (χ4n) is 3.20. The molecule has 0 saturated carbocycles. The summed E-state index contributed by atoms with van der Waals surface area (Å²) in [5.41, 5.74) is 0.649. The van der Waals surface area contributed by atoms with E-state index in [1.165, 1.54) is 31.0 Å². The number of carbonyl (C=O) groups excluding carboxylic acids is 2. The molecule has 0 radical (unpaired) electrons. The molecule has 4 nitrogen and oxygen atoms in total. The van der Waals surface area contributed by atoms with E-state index in [1.54, 1.807) is 0 Å². The summed E-state index contributed by atoms with van der Waals surface area (Å²) in [6, 6.07) is 11.1. The van der Waals surface area contributed by atoms with Gasteiger partial charge in [-0.3, -0.25) is 9.59 Å². The number of esters is 1. The van der Waals surface area contributed by atoms with Crippen LogP contribution in [0.15, 0.2) is 53.4 Å². The van der Waals surface area contributed by atoms with E-state index in [0.717, 1.165) is 22.6 Å². The number of carbonyl (C=O) groups is 2. The third kappa shape index (κ3) is 3.87.